The van der Waals surface area contributed by atoms with Crippen LogP contribution in [0.15, 0.2) is 30.3 Å². The monoisotopic (exact) mass is 280 g/mol. The van der Waals surface area contributed by atoms with Gasteiger partial charge in [-0.05, 0) is 19.1 Å². The van der Waals surface area contributed by atoms with Crippen LogP contribution >= 0.6 is 0 Å². The van der Waals surface area contributed by atoms with Gasteiger partial charge >= 0.3 is 12.0 Å². The van der Waals surface area contributed by atoms with E-state index in [9.17, 15) is 9.59 Å². The summed E-state index contributed by atoms with van der Waals surface area (Å²) >= 11 is 0. The number of nitrogens with zero attached hydrogens (tertiary/aromatic N) is 1. The van der Waals surface area contributed by atoms with Gasteiger partial charge < -0.3 is 15.2 Å². The molecule has 0 aliphatic rings. The number of urea groups is 1. The van der Waals surface area contributed by atoms with Crippen LogP contribution in [0.4, 0.5) is 10.5 Å². The molecule has 0 aromatic heterocycles. The molecule has 1 unspecified atom stereocenters. The number of aliphatic hydroxyl groups is 1. The number of carbonyl (C=O) groups is 2. The van der Waals surface area contributed by atoms with Crippen molar-refractivity contribution >= 4 is 17.7 Å². The summed E-state index contributed by atoms with van der Waals surface area (Å²) in [6.07, 6.45) is 0.103. The molecule has 0 fully saturated rings. The quantitative estimate of drug-likeness (QED) is 0.766. The van der Waals surface area contributed by atoms with Crippen LogP contribution in [0.1, 0.15) is 13.3 Å². The van der Waals surface area contributed by atoms with Crippen molar-refractivity contribution in [1.82, 2.24) is 5.32 Å². The zero-order valence-electron chi connectivity index (χ0n) is 11.7. The normalized spacial score (nSPS) is 11.6. The molecule has 6 heteroatoms. The number of amides is 2. The zero-order chi connectivity index (χ0) is 15.0. The Morgan fingerprint density at radius 3 is 2.55 bits per heavy atom. The zero-order valence-corrected chi connectivity index (χ0v) is 11.7. The van der Waals surface area contributed by atoms with Crippen molar-refractivity contribution in [2.45, 2.75) is 19.4 Å². The number of aliphatic hydroxyl groups excluding tert-OH is 1. The average Bonchev–Trinajstić information content (AvgIpc) is 2.48. The topological polar surface area (TPSA) is 78.9 Å². The fraction of sp³-hybridized carbons (Fsp3) is 0.429. The SMILES string of the molecule is COC(=O)CCN(C(=O)NC(C)CO)c1ccccc1. The van der Waals surface area contributed by atoms with E-state index in [-0.39, 0.29) is 37.6 Å². The van der Waals surface area contributed by atoms with E-state index >= 15 is 0 Å². The highest BCUT2D eigenvalue weighted by Gasteiger charge is 2.18. The smallest absolute Gasteiger partial charge is 0.322 e. The number of hydrogen-bond donors (Lipinski definition) is 2. The van der Waals surface area contributed by atoms with Gasteiger partial charge in [0, 0.05) is 12.2 Å². The van der Waals surface area contributed by atoms with Gasteiger partial charge in [-0.15, -0.1) is 0 Å². The van der Waals surface area contributed by atoms with Gasteiger partial charge in [-0.2, -0.15) is 0 Å². The summed E-state index contributed by atoms with van der Waals surface area (Å²) in [7, 11) is 1.31. The van der Waals surface area contributed by atoms with E-state index in [1.165, 1.54) is 12.0 Å². The van der Waals surface area contributed by atoms with Crippen LogP contribution in [0, 0.1) is 0 Å². The van der Waals surface area contributed by atoms with Crippen LogP contribution in [-0.2, 0) is 9.53 Å². The van der Waals surface area contributed by atoms with Crippen molar-refractivity contribution < 1.29 is 19.4 Å². The van der Waals surface area contributed by atoms with Crippen LogP contribution < -0.4 is 10.2 Å². The van der Waals surface area contributed by atoms with Gasteiger partial charge in [0.15, 0.2) is 0 Å². The Bertz CT molecular complexity index is 436. The average molecular weight is 280 g/mol. The predicted octanol–water partition coefficient (Wildman–Crippen LogP) is 1.15. The molecule has 0 saturated carbocycles. The lowest BCUT2D eigenvalue weighted by molar-refractivity contribution is -0.140. The number of ether oxygens (including phenoxy) is 1. The maximum Gasteiger partial charge on any atom is 0.322 e. The second-order valence-electron chi connectivity index (χ2n) is 4.35. The molecule has 2 amide bonds. The molecule has 20 heavy (non-hydrogen) atoms. The predicted molar refractivity (Wildman–Crippen MR) is 75.5 cm³/mol. The third kappa shape index (κ3) is 4.89. The van der Waals surface area contributed by atoms with Gasteiger partial charge in [0.25, 0.3) is 0 Å². The number of anilines is 1. The van der Waals surface area contributed by atoms with Gasteiger partial charge in [-0.1, -0.05) is 18.2 Å². The maximum atomic E-state index is 12.2. The Morgan fingerprint density at radius 1 is 1.35 bits per heavy atom. The summed E-state index contributed by atoms with van der Waals surface area (Å²) in [5.41, 5.74) is 0.680. The third-order valence-corrected chi connectivity index (χ3v) is 2.72. The minimum Gasteiger partial charge on any atom is -0.469 e. The Kier molecular flexibility index (Phi) is 6.52. The Morgan fingerprint density at radius 2 is 2.00 bits per heavy atom. The molecule has 0 saturated heterocycles. The minimum atomic E-state index is -0.381. The van der Waals surface area contributed by atoms with Crippen molar-refractivity contribution in [2.75, 3.05) is 25.2 Å². The number of benzene rings is 1. The summed E-state index contributed by atoms with van der Waals surface area (Å²) in [5, 5.41) is 11.6. The second kappa shape index (κ2) is 8.16. The van der Waals surface area contributed by atoms with E-state index in [1.54, 1.807) is 19.1 Å². The lowest BCUT2D eigenvalue weighted by Crippen LogP contribution is -2.46. The summed E-state index contributed by atoms with van der Waals surface area (Å²) < 4.78 is 4.58. The first-order chi connectivity index (χ1) is 9.58. The fourth-order valence-electron chi connectivity index (χ4n) is 1.60. The Hall–Kier alpha value is -2.08. The molecule has 0 spiro atoms. The minimum absolute atomic E-state index is 0.103. The number of carbonyl (C=O) groups excluding carboxylic acids is 2. The van der Waals surface area contributed by atoms with Gasteiger partial charge in [0.2, 0.25) is 0 Å². The molecule has 2 N–H and O–H groups in total. The van der Waals surface area contributed by atoms with E-state index < -0.39 is 0 Å². The number of methoxy groups -OCH3 is 1. The lowest BCUT2D eigenvalue weighted by Gasteiger charge is -2.24. The molecule has 6 nitrogen and oxygen atoms in total. The van der Waals surface area contributed by atoms with Crippen LogP contribution in [-0.4, -0.2) is 43.4 Å². The van der Waals surface area contributed by atoms with Crippen molar-refractivity contribution in [1.29, 1.82) is 0 Å². The van der Waals surface area contributed by atoms with Crippen LogP contribution in [0.5, 0.6) is 0 Å². The first-order valence-corrected chi connectivity index (χ1v) is 6.39. The molecule has 0 heterocycles. The van der Waals surface area contributed by atoms with Gasteiger partial charge in [-0.25, -0.2) is 4.79 Å². The molecule has 0 aliphatic carbocycles. The number of nitrogens with one attached hydrogen (secondary N) is 1. The van der Waals surface area contributed by atoms with Crippen molar-refractivity contribution in [3.05, 3.63) is 30.3 Å². The Balaban J connectivity index is 2.79. The van der Waals surface area contributed by atoms with Crippen molar-refractivity contribution in [2.24, 2.45) is 0 Å². The lowest BCUT2D eigenvalue weighted by atomic mass is 10.2. The van der Waals surface area contributed by atoms with E-state index in [4.69, 9.17) is 5.11 Å². The molecule has 0 bridgehead atoms. The molecule has 1 aromatic rings. The van der Waals surface area contributed by atoms with E-state index in [1.807, 2.05) is 18.2 Å². The molecule has 1 aromatic carbocycles. The van der Waals surface area contributed by atoms with Gasteiger partial charge in [-0.3, -0.25) is 9.69 Å². The number of esters is 1. The molecule has 1 atom stereocenters. The highest BCUT2D eigenvalue weighted by Crippen LogP contribution is 2.14. The van der Waals surface area contributed by atoms with E-state index in [2.05, 4.69) is 10.1 Å². The first kappa shape index (κ1) is 16.0. The molecule has 0 aliphatic heterocycles. The maximum absolute atomic E-state index is 12.2. The van der Waals surface area contributed by atoms with Gasteiger partial charge in [0.05, 0.1) is 26.2 Å². The number of hydrogen-bond acceptors (Lipinski definition) is 4. The summed E-state index contributed by atoms with van der Waals surface area (Å²) in [6, 6.07) is 8.30. The number of para-hydroxylation sites is 1. The third-order valence-electron chi connectivity index (χ3n) is 2.72. The Labute approximate surface area is 118 Å². The molecular weight excluding hydrogens is 260 g/mol. The molecule has 1 rings (SSSR count). The summed E-state index contributed by atoms with van der Waals surface area (Å²) in [5.74, 6) is -0.381. The summed E-state index contributed by atoms with van der Waals surface area (Å²) in [4.78, 5) is 24.8. The molecule has 110 valence electrons. The number of rotatable bonds is 6. The van der Waals surface area contributed by atoms with Gasteiger partial charge in [0.1, 0.15) is 0 Å². The largest absolute Gasteiger partial charge is 0.469 e. The summed E-state index contributed by atoms with van der Waals surface area (Å²) in [6.45, 7) is 1.76. The highest BCUT2D eigenvalue weighted by molar-refractivity contribution is 5.92. The van der Waals surface area contributed by atoms with Crippen LogP contribution in [0.25, 0.3) is 0 Å². The standard InChI is InChI=1S/C14H20N2O4/c1-11(10-17)15-14(19)16(9-8-13(18)20-2)12-6-4-3-5-7-12/h3-7,11,17H,8-10H2,1-2H3,(H,15,19). The first-order valence-electron chi connectivity index (χ1n) is 6.39. The van der Waals surface area contributed by atoms with Crippen molar-refractivity contribution in [3.8, 4) is 0 Å². The van der Waals surface area contributed by atoms with Crippen molar-refractivity contribution in [3.63, 3.8) is 0 Å². The fourth-order valence-corrected chi connectivity index (χ4v) is 1.60. The van der Waals surface area contributed by atoms with Crippen LogP contribution in [0.2, 0.25) is 0 Å². The van der Waals surface area contributed by atoms with E-state index in [0.717, 1.165) is 0 Å². The highest BCUT2D eigenvalue weighted by atomic mass is 16.5. The molecular formula is C14H20N2O4. The second-order valence-corrected chi connectivity index (χ2v) is 4.35. The van der Waals surface area contributed by atoms with E-state index in [0.29, 0.717) is 5.69 Å². The molecule has 0 radical (unpaired) electrons. The van der Waals surface area contributed by atoms with Crippen LogP contribution in [0.3, 0.4) is 0 Å².